The van der Waals surface area contributed by atoms with Gasteiger partial charge in [0.05, 0.1) is 6.61 Å². The van der Waals surface area contributed by atoms with Crippen LogP contribution in [-0.2, 0) is 6.42 Å². The number of nitrogens with one attached hydrogen (secondary N) is 1. The van der Waals surface area contributed by atoms with Crippen LogP contribution in [0.2, 0.25) is 0 Å². The van der Waals surface area contributed by atoms with Crippen LogP contribution in [0, 0.1) is 5.92 Å². The highest BCUT2D eigenvalue weighted by atomic mass is 32.2. The van der Waals surface area contributed by atoms with Crippen LogP contribution in [0.1, 0.15) is 12.0 Å². The first kappa shape index (κ1) is 10.3. The molecule has 2 heterocycles. The van der Waals surface area contributed by atoms with E-state index in [9.17, 15) is 0 Å². The third kappa shape index (κ3) is 2.14. The number of thioether (sulfide) groups is 1. The van der Waals surface area contributed by atoms with Gasteiger partial charge < -0.3 is 10.1 Å². The Kier molecular flexibility index (Phi) is 2.96. The lowest BCUT2D eigenvalue weighted by molar-refractivity contribution is 0.270. The monoisotopic (exact) mass is 235 g/mol. The van der Waals surface area contributed by atoms with E-state index in [1.165, 1.54) is 35.6 Å². The first-order chi connectivity index (χ1) is 7.92. The predicted molar refractivity (Wildman–Crippen MR) is 69.6 cm³/mol. The molecule has 0 aliphatic carbocycles. The van der Waals surface area contributed by atoms with E-state index in [1.807, 2.05) is 11.8 Å². The average Bonchev–Trinajstić information content (AvgIpc) is 2.27. The van der Waals surface area contributed by atoms with Gasteiger partial charge in [-0.05, 0) is 24.5 Å². The highest BCUT2D eigenvalue weighted by Crippen LogP contribution is 2.29. The number of anilines is 1. The summed E-state index contributed by atoms with van der Waals surface area (Å²) in [5.41, 5.74) is 2.70. The first-order valence-corrected chi connectivity index (χ1v) is 7.14. The SMILES string of the molecule is c1cc2c(cc1OCC1CSC1)NCCC2. The lowest BCUT2D eigenvalue weighted by Gasteiger charge is -2.25. The lowest BCUT2D eigenvalue weighted by Crippen LogP contribution is -2.25. The molecule has 86 valence electrons. The largest absolute Gasteiger partial charge is 0.493 e. The van der Waals surface area contributed by atoms with Crippen LogP contribution in [0.15, 0.2) is 18.2 Å². The molecule has 0 spiro atoms. The van der Waals surface area contributed by atoms with Gasteiger partial charge >= 0.3 is 0 Å². The minimum atomic E-state index is 0.772. The summed E-state index contributed by atoms with van der Waals surface area (Å²) in [6.07, 6.45) is 2.44. The fraction of sp³-hybridized carbons (Fsp3) is 0.538. The second-order valence-electron chi connectivity index (χ2n) is 4.56. The third-order valence-corrected chi connectivity index (χ3v) is 4.63. The van der Waals surface area contributed by atoms with Crippen molar-refractivity contribution in [1.82, 2.24) is 0 Å². The molecule has 3 rings (SSSR count). The number of hydrogen-bond acceptors (Lipinski definition) is 3. The summed E-state index contributed by atoms with van der Waals surface area (Å²) >= 11 is 2.01. The Morgan fingerprint density at radius 2 is 2.31 bits per heavy atom. The lowest BCUT2D eigenvalue weighted by atomic mass is 10.0. The molecule has 0 unspecified atom stereocenters. The molecule has 1 saturated heterocycles. The van der Waals surface area contributed by atoms with Crippen molar-refractivity contribution in [3.8, 4) is 5.75 Å². The van der Waals surface area contributed by atoms with Gasteiger partial charge in [0.25, 0.3) is 0 Å². The van der Waals surface area contributed by atoms with Crippen molar-refractivity contribution in [1.29, 1.82) is 0 Å². The maximum atomic E-state index is 5.82. The van der Waals surface area contributed by atoms with Gasteiger partial charge in [0.1, 0.15) is 5.75 Å². The fourth-order valence-electron chi connectivity index (χ4n) is 2.12. The van der Waals surface area contributed by atoms with Crippen molar-refractivity contribution in [2.24, 2.45) is 5.92 Å². The van der Waals surface area contributed by atoms with E-state index in [4.69, 9.17) is 4.74 Å². The van der Waals surface area contributed by atoms with Gasteiger partial charge in [0, 0.05) is 35.7 Å². The van der Waals surface area contributed by atoms with Crippen LogP contribution < -0.4 is 10.1 Å². The summed E-state index contributed by atoms with van der Waals surface area (Å²) in [6, 6.07) is 6.46. The molecule has 2 nitrogen and oxygen atoms in total. The topological polar surface area (TPSA) is 21.3 Å². The molecule has 0 saturated carbocycles. The molecule has 1 aromatic rings. The molecular formula is C13H17NOS. The molecular weight excluding hydrogens is 218 g/mol. The number of fused-ring (bicyclic) bond motifs is 1. The summed E-state index contributed by atoms with van der Waals surface area (Å²) in [5.74, 6) is 4.32. The Labute approximate surface area is 101 Å². The first-order valence-electron chi connectivity index (χ1n) is 5.99. The van der Waals surface area contributed by atoms with Gasteiger partial charge in [-0.1, -0.05) is 6.07 Å². The maximum absolute atomic E-state index is 5.82. The highest BCUT2D eigenvalue weighted by molar-refractivity contribution is 8.00. The van der Waals surface area contributed by atoms with Crippen molar-refractivity contribution in [3.05, 3.63) is 23.8 Å². The van der Waals surface area contributed by atoms with Crippen LogP contribution in [0.5, 0.6) is 5.75 Å². The van der Waals surface area contributed by atoms with E-state index in [1.54, 1.807) is 0 Å². The smallest absolute Gasteiger partial charge is 0.121 e. The van der Waals surface area contributed by atoms with E-state index in [0.717, 1.165) is 24.8 Å². The van der Waals surface area contributed by atoms with Crippen molar-refractivity contribution >= 4 is 17.4 Å². The van der Waals surface area contributed by atoms with E-state index >= 15 is 0 Å². The van der Waals surface area contributed by atoms with Crippen LogP contribution >= 0.6 is 11.8 Å². The molecule has 3 heteroatoms. The summed E-state index contributed by atoms with van der Waals surface area (Å²) in [6.45, 7) is 1.97. The Balaban J connectivity index is 1.65. The summed E-state index contributed by atoms with van der Waals surface area (Å²) in [4.78, 5) is 0. The molecule has 0 atom stereocenters. The number of ether oxygens (including phenoxy) is 1. The van der Waals surface area contributed by atoms with Crippen LogP contribution in [0.3, 0.4) is 0 Å². The number of rotatable bonds is 3. The molecule has 0 bridgehead atoms. The number of aryl methyl sites for hydroxylation is 1. The third-order valence-electron chi connectivity index (χ3n) is 3.21. The minimum Gasteiger partial charge on any atom is -0.493 e. The van der Waals surface area contributed by atoms with Gasteiger partial charge in [-0.25, -0.2) is 0 Å². The Morgan fingerprint density at radius 1 is 1.38 bits per heavy atom. The second kappa shape index (κ2) is 4.58. The normalized spacial score (nSPS) is 19.5. The molecule has 0 aromatic heterocycles. The molecule has 16 heavy (non-hydrogen) atoms. The predicted octanol–water partition coefficient (Wildman–Crippen LogP) is 2.79. The van der Waals surface area contributed by atoms with Gasteiger partial charge in [0.2, 0.25) is 0 Å². The van der Waals surface area contributed by atoms with Crippen molar-refractivity contribution in [3.63, 3.8) is 0 Å². The van der Waals surface area contributed by atoms with Gasteiger partial charge in [-0.15, -0.1) is 0 Å². The van der Waals surface area contributed by atoms with Crippen molar-refractivity contribution < 1.29 is 4.74 Å². The summed E-state index contributed by atoms with van der Waals surface area (Å²) in [7, 11) is 0. The zero-order chi connectivity index (χ0) is 10.8. The Bertz CT molecular complexity index is 376. The molecule has 1 fully saturated rings. The second-order valence-corrected chi connectivity index (χ2v) is 5.64. The van der Waals surface area contributed by atoms with Crippen LogP contribution in [0.25, 0.3) is 0 Å². The van der Waals surface area contributed by atoms with Crippen LogP contribution in [-0.4, -0.2) is 24.7 Å². The number of benzene rings is 1. The van der Waals surface area contributed by atoms with E-state index < -0.39 is 0 Å². The molecule has 0 radical (unpaired) electrons. The molecule has 1 aromatic carbocycles. The summed E-state index contributed by atoms with van der Waals surface area (Å²) in [5, 5.41) is 3.43. The average molecular weight is 235 g/mol. The minimum absolute atomic E-state index is 0.772. The Hall–Kier alpha value is -0.830. The maximum Gasteiger partial charge on any atom is 0.121 e. The number of hydrogen-bond donors (Lipinski definition) is 1. The van der Waals surface area contributed by atoms with E-state index in [2.05, 4.69) is 23.5 Å². The molecule has 2 aliphatic heterocycles. The Morgan fingerprint density at radius 3 is 3.12 bits per heavy atom. The highest BCUT2D eigenvalue weighted by Gasteiger charge is 2.18. The molecule has 0 amide bonds. The van der Waals surface area contributed by atoms with Crippen molar-refractivity contribution in [2.45, 2.75) is 12.8 Å². The van der Waals surface area contributed by atoms with E-state index in [0.29, 0.717) is 0 Å². The standard InChI is InChI=1S/C13H17NOS/c1-2-11-3-4-12(6-13(11)14-5-1)15-7-10-8-16-9-10/h3-4,6,10,14H,1-2,5,7-9H2. The molecule has 2 aliphatic rings. The van der Waals surface area contributed by atoms with Gasteiger partial charge in [-0.2, -0.15) is 11.8 Å². The summed E-state index contributed by atoms with van der Waals surface area (Å²) < 4.78 is 5.82. The zero-order valence-corrected chi connectivity index (χ0v) is 10.2. The molecule has 1 N–H and O–H groups in total. The fourth-order valence-corrected chi connectivity index (χ4v) is 2.89. The van der Waals surface area contributed by atoms with Gasteiger partial charge in [0.15, 0.2) is 0 Å². The van der Waals surface area contributed by atoms with Crippen LogP contribution in [0.4, 0.5) is 5.69 Å². The van der Waals surface area contributed by atoms with E-state index in [-0.39, 0.29) is 0 Å². The zero-order valence-electron chi connectivity index (χ0n) is 9.37. The van der Waals surface area contributed by atoms with Gasteiger partial charge in [-0.3, -0.25) is 0 Å². The quantitative estimate of drug-likeness (QED) is 0.870. The van der Waals surface area contributed by atoms with Crippen molar-refractivity contribution in [2.75, 3.05) is 30.0 Å².